The van der Waals surface area contributed by atoms with Crippen molar-refractivity contribution in [3.05, 3.63) is 101 Å². The van der Waals surface area contributed by atoms with Gasteiger partial charge in [-0.2, -0.15) is 0 Å². The first-order valence-electron chi connectivity index (χ1n) is 10.6. The smallest absolute Gasteiger partial charge is 0.255 e. The first-order valence-corrected chi connectivity index (χ1v) is 10.6. The summed E-state index contributed by atoms with van der Waals surface area (Å²) in [7, 11) is 0. The number of rotatable bonds is 10. The molecule has 158 valence electrons. The van der Waals surface area contributed by atoms with Crippen molar-refractivity contribution in [1.29, 1.82) is 0 Å². The normalized spacial score (nSPS) is 12.0. The van der Waals surface area contributed by atoms with Crippen molar-refractivity contribution in [2.75, 3.05) is 13.2 Å². The average Bonchev–Trinajstić information content (AvgIpc) is 2.82. The van der Waals surface area contributed by atoms with Gasteiger partial charge >= 0.3 is 0 Å². The van der Waals surface area contributed by atoms with E-state index in [0.29, 0.717) is 12.0 Å². The van der Waals surface area contributed by atoms with E-state index in [1.54, 1.807) is 18.5 Å². The van der Waals surface area contributed by atoms with E-state index in [0.717, 1.165) is 36.9 Å². The number of nitrogens with one attached hydrogen (secondary N) is 2. The van der Waals surface area contributed by atoms with E-state index in [2.05, 4.69) is 38.5 Å². The number of nitrogens with zero attached hydrogens (tertiary/aromatic N) is 2. The monoisotopic (exact) mass is 414 g/mol. The third kappa shape index (κ3) is 5.77. The highest BCUT2D eigenvalue weighted by Crippen LogP contribution is 2.20. The molecule has 0 fully saturated rings. The van der Waals surface area contributed by atoms with Crippen LogP contribution >= 0.6 is 0 Å². The average molecular weight is 415 g/mol. The van der Waals surface area contributed by atoms with Gasteiger partial charge in [0.05, 0.1) is 6.61 Å². The Morgan fingerprint density at radius 3 is 2.77 bits per heavy atom. The van der Waals surface area contributed by atoms with Gasteiger partial charge in [-0.1, -0.05) is 6.07 Å². The van der Waals surface area contributed by atoms with Crippen molar-refractivity contribution >= 4 is 10.8 Å². The van der Waals surface area contributed by atoms with E-state index in [1.807, 2.05) is 42.9 Å². The Balaban J connectivity index is 1.29. The summed E-state index contributed by atoms with van der Waals surface area (Å²) in [5, 5.41) is 5.21. The van der Waals surface area contributed by atoms with Crippen molar-refractivity contribution in [2.24, 2.45) is 0 Å². The molecular weight excluding hydrogens is 388 g/mol. The van der Waals surface area contributed by atoms with Crippen molar-refractivity contribution in [1.82, 2.24) is 20.3 Å². The topological polar surface area (TPSA) is 79.9 Å². The molecule has 2 N–H and O–H groups in total. The SMILES string of the molecule is O=c1[nH]ccc2cc(OCCCNC(CCc3cccnc3)c3ccncc3)ccc12. The Kier molecular flexibility index (Phi) is 7.03. The van der Waals surface area contributed by atoms with Crippen LogP contribution < -0.4 is 15.6 Å². The Labute approximate surface area is 181 Å². The van der Waals surface area contributed by atoms with Gasteiger partial charge in [0.15, 0.2) is 0 Å². The molecule has 0 spiro atoms. The molecule has 1 unspecified atom stereocenters. The lowest BCUT2D eigenvalue weighted by Gasteiger charge is -2.19. The molecule has 0 aliphatic carbocycles. The Morgan fingerprint density at radius 1 is 1.03 bits per heavy atom. The third-order valence-electron chi connectivity index (χ3n) is 5.28. The van der Waals surface area contributed by atoms with Gasteiger partial charge in [-0.3, -0.25) is 14.8 Å². The molecule has 6 heteroatoms. The quantitative estimate of drug-likeness (QED) is 0.383. The van der Waals surface area contributed by atoms with E-state index in [9.17, 15) is 4.79 Å². The van der Waals surface area contributed by atoms with Gasteiger partial charge in [0, 0.05) is 42.4 Å². The van der Waals surface area contributed by atoms with Gasteiger partial charge in [0.2, 0.25) is 0 Å². The summed E-state index contributed by atoms with van der Waals surface area (Å²) < 4.78 is 5.90. The minimum atomic E-state index is -0.0818. The number of hydrogen-bond donors (Lipinski definition) is 2. The van der Waals surface area contributed by atoms with Gasteiger partial charge in [0.1, 0.15) is 5.75 Å². The minimum absolute atomic E-state index is 0.0818. The second-order valence-electron chi connectivity index (χ2n) is 7.45. The number of aromatic nitrogens is 3. The van der Waals surface area contributed by atoms with Crippen LogP contribution in [0.15, 0.2) is 84.3 Å². The van der Waals surface area contributed by atoms with Gasteiger partial charge < -0.3 is 15.0 Å². The van der Waals surface area contributed by atoms with Crippen LogP contribution in [0.4, 0.5) is 0 Å². The van der Waals surface area contributed by atoms with E-state index < -0.39 is 0 Å². The Hall–Kier alpha value is -3.51. The molecule has 1 aromatic carbocycles. The fourth-order valence-corrected chi connectivity index (χ4v) is 3.64. The van der Waals surface area contributed by atoms with Crippen molar-refractivity contribution in [2.45, 2.75) is 25.3 Å². The molecule has 0 saturated carbocycles. The maximum atomic E-state index is 11.8. The second kappa shape index (κ2) is 10.5. The molecule has 0 radical (unpaired) electrons. The van der Waals surface area contributed by atoms with E-state index in [1.165, 1.54) is 11.1 Å². The highest BCUT2D eigenvalue weighted by atomic mass is 16.5. The number of H-pyrrole nitrogens is 1. The van der Waals surface area contributed by atoms with Crippen molar-refractivity contribution < 1.29 is 4.74 Å². The summed E-state index contributed by atoms with van der Waals surface area (Å²) in [5.41, 5.74) is 2.39. The standard InChI is InChI=1S/C25H26N4O2/c30-25-23-6-5-22(17-21(23)10-15-29-25)31-16-2-12-28-24(20-8-13-26-14-9-20)7-4-19-3-1-11-27-18-19/h1,3,5-6,8-11,13-15,17-18,24,28H,2,4,7,12,16H2,(H,29,30). The molecule has 1 atom stereocenters. The molecule has 0 aliphatic rings. The summed E-state index contributed by atoms with van der Waals surface area (Å²) in [6.45, 7) is 1.45. The van der Waals surface area contributed by atoms with Gasteiger partial charge in [-0.25, -0.2) is 0 Å². The number of aromatic amines is 1. The lowest BCUT2D eigenvalue weighted by atomic mass is 10.0. The predicted molar refractivity (Wildman–Crippen MR) is 122 cm³/mol. The molecule has 4 rings (SSSR count). The van der Waals surface area contributed by atoms with E-state index in [-0.39, 0.29) is 11.6 Å². The van der Waals surface area contributed by atoms with Gasteiger partial charge in [-0.05, 0) is 84.8 Å². The summed E-state index contributed by atoms with van der Waals surface area (Å²) >= 11 is 0. The number of pyridine rings is 3. The zero-order valence-electron chi connectivity index (χ0n) is 17.3. The first kappa shape index (κ1) is 20.8. The van der Waals surface area contributed by atoms with Crippen molar-refractivity contribution in [3.8, 4) is 5.75 Å². The summed E-state index contributed by atoms with van der Waals surface area (Å²) in [5.74, 6) is 0.778. The molecule has 6 nitrogen and oxygen atoms in total. The minimum Gasteiger partial charge on any atom is -0.494 e. The Bertz CT molecular complexity index is 1150. The van der Waals surface area contributed by atoms with Crippen LogP contribution in [0.5, 0.6) is 5.75 Å². The lowest BCUT2D eigenvalue weighted by Crippen LogP contribution is -2.24. The molecule has 31 heavy (non-hydrogen) atoms. The zero-order chi connectivity index (χ0) is 21.3. The zero-order valence-corrected chi connectivity index (χ0v) is 17.3. The molecule has 3 heterocycles. The maximum Gasteiger partial charge on any atom is 0.255 e. The number of hydrogen-bond acceptors (Lipinski definition) is 5. The van der Waals surface area contributed by atoms with Crippen LogP contribution in [0.1, 0.15) is 30.0 Å². The molecule has 0 aliphatic heterocycles. The maximum absolute atomic E-state index is 11.8. The molecule has 0 bridgehead atoms. The molecule has 3 aromatic heterocycles. The number of fused-ring (bicyclic) bond motifs is 1. The highest BCUT2D eigenvalue weighted by Gasteiger charge is 2.11. The second-order valence-corrected chi connectivity index (χ2v) is 7.45. The van der Waals surface area contributed by atoms with Crippen LogP contribution in [-0.2, 0) is 6.42 Å². The van der Waals surface area contributed by atoms with Crippen molar-refractivity contribution in [3.63, 3.8) is 0 Å². The number of benzene rings is 1. The molecule has 0 saturated heterocycles. The van der Waals surface area contributed by atoms with Crippen LogP contribution in [0, 0.1) is 0 Å². The first-order chi connectivity index (χ1) is 15.3. The van der Waals surface area contributed by atoms with Crippen LogP contribution in [0.2, 0.25) is 0 Å². The molecule has 4 aromatic rings. The Morgan fingerprint density at radius 2 is 1.94 bits per heavy atom. The highest BCUT2D eigenvalue weighted by molar-refractivity contribution is 5.82. The van der Waals surface area contributed by atoms with Gasteiger partial charge in [0.25, 0.3) is 5.56 Å². The third-order valence-corrected chi connectivity index (χ3v) is 5.28. The largest absolute Gasteiger partial charge is 0.494 e. The van der Waals surface area contributed by atoms with Crippen LogP contribution in [-0.4, -0.2) is 28.1 Å². The lowest BCUT2D eigenvalue weighted by molar-refractivity contribution is 0.304. The van der Waals surface area contributed by atoms with E-state index >= 15 is 0 Å². The number of aryl methyl sites for hydroxylation is 1. The fourth-order valence-electron chi connectivity index (χ4n) is 3.64. The summed E-state index contributed by atoms with van der Waals surface area (Å²) in [6, 6.07) is 15.9. The molecule has 0 amide bonds. The molecular formula is C25H26N4O2. The summed E-state index contributed by atoms with van der Waals surface area (Å²) in [6.07, 6.45) is 11.9. The van der Waals surface area contributed by atoms with E-state index in [4.69, 9.17) is 4.74 Å². The van der Waals surface area contributed by atoms with Crippen LogP contribution in [0.3, 0.4) is 0 Å². The summed E-state index contributed by atoms with van der Waals surface area (Å²) in [4.78, 5) is 22.8. The van der Waals surface area contributed by atoms with Gasteiger partial charge in [-0.15, -0.1) is 0 Å². The fraction of sp³-hybridized carbons (Fsp3) is 0.240. The van der Waals surface area contributed by atoms with Crippen LogP contribution in [0.25, 0.3) is 10.8 Å². The number of ether oxygens (including phenoxy) is 1. The predicted octanol–water partition coefficient (Wildman–Crippen LogP) is 4.05.